The van der Waals surface area contributed by atoms with Crippen molar-refractivity contribution in [2.24, 2.45) is 0 Å². The average Bonchev–Trinajstić information content (AvgIpc) is 2.55. The molecule has 2 aromatic rings. The number of nitrogens with one attached hydrogen (secondary N) is 2. The van der Waals surface area contributed by atoms with Crippen LogP contribution in [0.15, 0.2) is 59.1 Å². The van der Waals surface area contributed by atoms with Crippen molar-refractivity contribution in [2.75, 3.05) is 17.6 Å². The molecule has 7 heteroatoms. The summed E-state index contributed by atoms with van der Waals surface area (Å²) < 4.78 is 27.0. The van der Waals surface area contributed by atoms with E-state index in [0.717, 1.165) is 10.0 Å². The molecule has 2 N–H and O–H groups in total. The van der Waals surface area contributed by atoms with Crippen LogP contribution in [0, 0.1) is 0 Å². The first kappa shape index (κ1) is 17.7. The third-order valence-corrected chi connectivity index (χ3v) is 4.94. The smallest absolute Gasteiger partial charge is 0.239 e. The van der Waals surface area contributed by atoms with E-state index in [0.29, 0.717) is 12.1 Å². The Labute approximate surface area is 144 Å². The number of hydrogen-bond acceptors (Lipinski definition) is 3. The number of carbonyl (C=O) groups excluding carboxylic acids is 1. The monoisotopic (exact) mass is 396 g/mol. The van der Waals surface area contributed by atoms with Crippen molar-refractivity contribution < 1.29 is 13.2 Å². The lowest BCUT2D eigenvalue weighted by molar-refractivity contribution is -0.115. The molecule has 0 aliphatic carbocycles. The number of anilines is 1. The first-order valence-electron chi connectivity index (χ1n) is 7.01. The van der Waals surface area contributed by atoms with E-state index in [1.807, 2.05) is 30.3 Å². The lowest BCUT2D eigenvalue weighted by Crippen LogP contribution is -2.34. The average molecular weight is 397 g/mol. The van der Waals surface area contributed by atoms with Crippen LogP contribution in [-0.2, 0) is 21.2 Å². The van der Waals surface area contributed by atoms with Gasteiger partial charge in [-0.15, -0.1) is 0 Å². The highest BCUT2D eigenvalue weighted by Gasteiger charge is 2.12. The van der Waals surface area contributed by atoms with Crippen molar-refractivity contribution in [3.63, 3.8) is 0 Å². The Balaban J connectivity index is 1.79. The lowest BCUT2D eigenvalue weighted by Gasteiger charge is -2.08. The third-order valence-electron chi connectivity index (χ3n) is 3.08. The van der Waals surface area contributed by atoms with Crippen LogP contribution in [0.25, 0.3) is 0 Å². The van der Waals surface area contributed by atoms with Gasteiger partial charge in [-0.3, -0.25) is 4.79 Å². The molecule has 0 unspecified atom stereocenters. The zero-order chi connectivity index (χ0) is 16.7. The minimum atomic E-state index is -3.49. The molecular weight excluding hydrogens is 380 g/mol. The Bertz CT molecular complexity index is 747. The van der Waals surface area contributed by atoms with Crippen LogP contribution in [0.4, 0.5) is 5.69 Å². The van der Waals surface area contributed by atoms with Crippen LogP contribution >= 0.6 is 15.9 Å². The SMILES string of the molecule is O=C(CNS(=O)(=O)CCc1ccccc1)Nc1ccc(Br)cc1. The molecule has 0 saturated carbocycles. The summed E-state index contributed by atoms with van der Waals surface area (Å²) in [5, 5.41) is 2.63. The van der Waals surface area contributed by atoms with Gasteiger partial charge in [-0.2, -0.15) is 0 Å². The van der Waals surface area contributed by atoms with E-state index in [2.05, 4.69) is 26.0 Å². The van der Waals surface area contributed by atoms with Crippen molar-refractivity contribution in [3.05, 3.63) is 64.6 Å². The summed E-state index contributed by atoms with van der Waals surface area (Å²) in [6, 6.07) is 16.4. The Morgan fingerprint density at radius 1 is 1.00 bits per heavy atom. The lowest BCUT2D eigenvalue weighted by atomic mass is 10.2. The van der Waals surface area contributed by atoms with E-state index in [1.54, 1.807) is 24.3 Å². The van der Waals surface area contributed by atoms with Crippen LogP contribution in [-0.4, -0.2) is 26.6 Å². The summed E-state index contributed by atoms with van der Waals surface area (Å²) in [5.41, 5.74) is 1.55. The number of amides is 1. The molecule has 0 atom stereocenters. The molecule has 0 fully saturated rings. The zero-order valence-electron chi connectivity index (χ0n) is 12.3. The van der Waals surface area contributed by atoms with Gasteiger partial charge in [0.25, 0.3) is 0 Å². The fraction of sp³-hybridized carbons (Fsp3) is 0.188. The van der Waals surface area contributed by atoms with Crippen molar-refractivity contribution in [2.45, 2.75) is 6.42 Å². The van der Waals surface area contributed by atoms with Gasteiger partial charge in [0.15, 0.2) is 0 Å². The maximum Gasteiger partial charge on any atom is 0.239 e. The highest BCUT2D eigenvalue weighted by Crippen LogP contribution is 2.13. The molecule has 2 aromatic carbocycles. The maximum absolute atomic E-state index is 11.9. The second-order valence-corrected chi connectivity index (χ2v) is 7.77. The van der Waals surface area contributed by atoms with Crippen LogP contribution in [0.5, 0.6) is 0 Å². The first-order chi connectivity index (χ1) is 10.9. The molecule has 0 saturated heterocycles. The van der Waals surface area contributed by atoms with Crippen molar-refractivity contribution in [3.8, 4) is 0 Å². The molecule has 0 aliphatic heterocycles. The number of rotatable bonds is 7. The quantitative estimate of drug-likeness (QED) is 0.754. The number of aryl methyl sites for hydroxylation is 1. The van der Waals surface area contributed by atoms with Gasteiger partial charge < -0.3 is 5.32 Å². The second-order valence-electron chi connectivity index (χ2n) is 4.93. The number of benzene rings is 2. The fourth-order valence-corrected chi connectivity index (χ4v) is 3.15. The molecule has 0 spiro atoms. The van der Waals surface area contributed by atoms with Crippen molar-refractivity contribution in [1.29, 1.82) is 0 Å². The predicted octanol–water partition coefficient (Wildman–Crippen LogP) is 2.55. The Kier molecular flexibility index (Phi) is 6.32. The van der Waals surface area contributed by atoms with Gasteiger partial charge >= 0.3 is 0 Å². The standard InChI is InChI=1S/C16H17BrN2O3S/c17-14-6-8-15(9-7-14)19-16(20)12-18-23(21,22)11-10-13-4-2-1-3-5-13/h1-9,18H,10-12H2,(H,19,20). The summed E-state index contributed by atoms with van der Waals surface area (Å²) in [4.78, 5) is 11.8. The predicted molar refractivity (Wildman–Crippen MR) is 94.7 cm³/mol. The Morgan fingerprint density at radius 3 is 2.30 bits per heavy atom. The first-order valence-corrected chi connectivity index (χ1v) is 9.46. The van der Waals surface area contributed by atoms with Gasteiger partial charge in [-0.1, -0.05) is 46.3 Å². The van der Waals surface area contributed by atoms with E-state index < -0.39 is 15.9 Å². The van der Waals surface area contributed by atoms with Crippen LogP contribution in [0.1, 0.15) is 5.56 Å². The molecule has 122 valence electrons. The normalized spacial score (nSPS) is 11.2. The summed E-state index contributed by atoms with van der Waals surface area (Å²) in [5.74, 6) is -0.460. The molecule has 0 radical (unpaired) electrons. The van der Waals surface area contributed by atoms with Gasteiger partial charge in [0, 0.05) is 10.2 Å². The number of hydrogen-bond donors (Lipinski definition) is 2. The summed E-state index contributed by atoms with van der Waals surface area (Å²) in [7, 11) is -3.49. The third kappa shape index (κ3) is 6.52. The van der Waals surface area contributed by atoms with Gasteiger partial charge in [-0.05, 0) is 36.2 Å². The fourth-order valence-electron chi connectivity index (χ4n) is 1.88. The van der Waals surface area contributed by atoms with E-state index in [1.165, 1.54) is 0 Å². The highest BCUT2D eigenvalue weighted by atomic mass is 79.9. The van der Waals surface area contributed by atoms with Crippen LogP contribution in [0.3, 0.4) is 0 Å². The molecule has 5 nitrogen and oxygen atoms in total. The Morgan fingerprint density at radius 2 is 1.65 bits per heavy atom. The zero-order valence-corrected chi connectivity index (χ0v) is 14.7. The van der Waals surface area contributed by atoms with Gasteiger partial charge in [-0.25, -0.2) is 13.1 Å². The van der Waals surface area contributed by atoms with E-state index in [4.69, 9.17) is 0 Å². The second kappa shape index (κ2) is 8.24. The summed E-state index contributed by atoms with van der Waals surface area (Å²) in [6.45, 7) is -0.285. The van der Waals surface area contributed by atoms with Crippen LogP contribution < -0.4 is 10.0 Å². The number of sulfonamides is 1. The number of carbonyl (C=O) groups is 1. The van der Waals surface area contributed by atoms with Crippen molar-refractivity contribution in [1.82, 2.24) is 4.72 Å². The number of halogens is 1. The van der Waals surface area contributed by atoms with Gasteiger partial charge in [0.2, 0.25) is 15.9 Å². The van der Waals surface area contributed by atoms with Crippen LogP contribution in [0.2, 0.25) is 0 Å². The topological polar surface area (TPSA) is 75.3 Å². The van der Waals surface area contributed by atoms with Gasteiger partial charge in [0.05, 0.1) is 12.3 Å². The molecule has 0 aromatic heterocycles. The summed E-state index contributed by atoms with van der Waals surface area (Å²) >= 11 is 3.30. The maximum atomic E-state index is 11.9. The van der Waals surface area contributed by atoms with E-state index in [9.17, 15) is 13.2 Å². The Hall–Kier alpha value is -1.70. The molecule has 0 heterocycles. The largest absolute Gasteiger partial charge is 0.325 e. The molecule has 1 amide bonds. The molecular formula is C16H17BrN2O3S. The summed E-state index contributed by atoms with van der Waals surface area (Å²) in [6.07, 6.45) is 0.407. The van der Waals surface area contributed by atoms with Crippen molar-refractivity contribution >= 4 is 37.5 Å². The highest BCUT2D eigenvalue weighted by molar-refractivity contribution is 9.10. The van der Waals surface area contributed by atoms with E-state index >= 15 is 0 Å². The minimum Gasteiger partial charge on any atom is -0.325 e. The molecule has 23 heavy (non-hydrogen) atoms. The minimum absolute atomic E-state index is 0.0530. The molecule has 2 rings (SSSR count). The molecule has 0 bridgehead atoms. The van der Waals surface area contributed by atoms with Gasteiger partial charge in [0.1, 0.15) is 0 Å². The van der Waals surface area contributed by atoms with E-state index in [-0.39, 0.29) is 12.3 Å². The molecule has 0 aliphatic rings.